The van der Waals surface area contributed by atoms with E-state index < -0.39 is 0 Å². The Hall–Kier alpha value is -1.67. The van der Waals surface area contributed by atoms with E-state index in [9.17, 15) is 0 Å². The summed E-state index contributed by atoms with van der Waals surface area (Å²) in [4.78, 5) is 2.31. The van der Waals surface area contributed by atoms with Crippen LogP contribution in [0, 0.1) is 0 Å². The average molecular weight is 259 g/mol. The molecule has 0 saturated heterocycles. The van der Waals surface area contributed by atoms with Crippen LogP contribution in [0.25, 0.3) is 0 Å². The predicted octanol–water partition coefficient (Wildman–Crippen LogP) is 3.48. The summed E-state index contributed by atoms with van der Waals surface area (Å²) >= 11 is 6.27. The summed E-state index contributed by atoms with van der Waals surface area (Å²) in [7, 11) is 0. The molecular weight excluding hydrogens is 244 g/mol. The summed E-state index contributed by atoms with van der Waals surface area (Å²) in [5, 5.41) is 0.731. The zero-order valence-electron chi connectivity index (χ0n) is 10.1. The molecule has 0 atom stereocenters. The maximum atomic E-state index is 6.27. The number of hydrogen-bond acceptors (Lipinski definition) is 2. The lowest BCUT2D eigenvalue weighted by Gasteiger charge is -2.31. The predicted molar refractivity (Wildman–Crippen MR) is 77.1 cm³/mol. The Morgan fingerprint density at radius 3 is 2.61 bits per heavy atom. The molecular formula is C15H15ClN2. The number of rotatable bonds is 1. The van der Waals surface area contributed by atoms with Gasteiger partial charge in [-0.05, 0) is 35.7 Å². The molecule has 0 fully saturated rings. The largest absolute Gasteiger partial charge is 0.399 e. The molecule has 0 aliphatic carbocycles. The van der Waals surface area contributed by atoms with Crippen LogP contribution < -0.4 is 10.6 Å². The number of nitrogen functional groups attached to an aromatic ring is 1. The summed E-state index contributed by atoms with van der Waals surface area (Å²) in [6.07, 6.45) is 1.07. The molecule has 3 heteroatoms. The summed E-state index contributed by atoms with van der Waals surface area (Å²) in [5.74, 6) is 0. The fourth-order valence-electron chi connectivity index (χ4n) is 2.48. The number of nitrogens with two attached hydrogens (primary N) is 1. The third-order valence-corrected chi connectivity index (χ3v) is 3.75. The zero-order valence-corrected chi connectivity index (χ0v) is 10.8. The van der Waals surface area contributed by atoms with Crippen molar-refractivity contribution in [2.45, 2.75) is 13.0 Å². The van der Waals surface area contributed by atoms with Gasteiger partial charge in [-0.15, -0.1) is 0 Å². The number of halogens is 1. The van der Waals surface area contributed by atoms with Crippen molar-refractivity contribution in [2.24, 2.45) is 0 Å². The molecule has 0 radical (unpaired) electrons. The van der Waals surface area contributed by atoms with E-state index in [2.05, 4.69) is 29.2 Å². The van der Waals surface area contributed by atoms with Gasteiger partial charge >= 0.3 is 0 Å². The Kier molecular flexibility index (Phi) is 2.88. The lowest BCUT2D eigenvalue weighted by Crippen LogP contribution is -2.30. The first-order valence-electron chi connectivity index (χ1n) is 6.11. The number of anilines is 2. The van der Waals surface area contributed by atoms with Crippen LogP contribution in [-0.4, -0.2) is 6.54 Å². The van der Waals surface area contributed by atoms with Crippen molar-refractivity contribution < 1.29 is 0 Å². The van der Waals surface area contributed by atoms with Crippen LogP contribution >= 0.6 is 11.6 Å². The quantitative estimate of drug-likeness (QED) is 0.794. The van der Waals surface area contributed by atoms with E-state index in [1.165, 1.54) is 11.1 Å². The van der Waals surface area contributed by atoms with Crippen molar-refractivity contribution >= 4 is 23.0 Å². The van der Waals surface area contributed by atoms with Crippen molar-refractivity contribution in [2.75, 3.05) is 17.2 Å². The van der Waals surface area contributed by atoms with Crippen molar-refractivity contribution in [1.29, 1.82) is 0 Å². The minimum absolute atomic E-state index is 0.709. The van der Waals surface area contributed by atoms with Gasteiger partial charge in [0.1, 0.15) is 0 Å². The Morgan fingerprint density at radius 1 is 1.06 bits per heavy atom. The Labute approximate surface area is 112 Å². The van der Waals surface area contributed by atoms with Gasteiger partial charge in [0.15, 0.2) is 0 Å². The molecule has 1 aliphatic rings. The second-order valence-electron chi connectivity index (χ2n) is 4.65. The summed E-state index contributed by atoms with van der Waals surface area (Å²) in [6.45, 7) is 1.92. The van der Waals surface area contributed by atoms with Gasteiger partial charge < -0.3 is 10.6 Å². The van der Waals surface area contributed by atoms with E-state index in [1.807, 2.05) is 18.2 Å². The molecule has 0 amide bonds. The van der Waals surface area contributed by atoms with Gasteiger partial charge in [-0.25, -0.2) is 0 Å². The van der Waals surface area contributed by atoms with Gasteiger partial charge in [0, 0.05) is 18.8 Å². The van der Waals surface area contributed by atoms with E-state index >= 15 is 0 Å². The number of nitrogens with zero attached hydrogens (tertiary/aromatic N) is 1. The fourth-order valence-corrected chi connectivity index (χ4v) is 2.79. The maximum absolute atomic E-state index is 6.27. The summed E-state index contributed by atoms with van der Waals surface area (Å²) in [6, 6.07) is 14.3. The number of hydrogen-bond donors (Lipinski definition) is 1. The molecule has 1 aliphatic heterocycles. The van der Waals surface area contributed by atoms with Crippen molar-refractivity contribution in [3.05, 3.63) is 58.6 Å². The molecule has 2 nitrogen and oxygen atoms in total. The third kappa shape index (κ3) is 2.04. The third-order valence-electron chi connectivity index (χ3n) is 3.44. The van der Waals surface area contributed by atoms with E-state index in [0.717, 1.165) is 30.2 Å². The molecule has 0 unspecified atom stereocenters. The SMILES string of the molecule is Nc1ccc(N2CCc3ccccc3C2)c(Cl)c1. The monoisotopic (exact) mass is 258 g/mol. The number of benzene rings is 2. The molecule has 0 aromatic heterocycles. The molecule has 18 heavy (non-hydrogen) atoms. The Bertz CT molecular complexity index is 580. The molecule has 1 heterocycles. The topological polar surface area (TPSA) is 29.3 Å². The highest BCUT2D eigenvalue weighted by Crippen LogP contribution is 2.31. The van der Waals surface area contributed by atoms with E-state index in [1.54, 1.807) is 0 Å². The summed E-state index contributed by atoms with van der Waals surface area (Å²) in [5.41, 5.74) is 10.3. The highest BCUT2D eigenvalue weighted by Gasteiger charge is 2.17. The molecule has 2 N–H and O–H groups in total. The van der Waals surface area contributed by atoms with Gasteiger partial charge in [-0.1, -0.05) is 35.9 Å². The first kappa shape index (κ1) is 11.4. The molecule has 2 aromatic carbocycles. The van der Waals surface area contributed by atoms with Crippen LogP contribution in [-0.2, 0) is 13.0 Å². The molecule has 0 saturated carbocycles. The van der Waals surface area contributed by atoms with Crippen molar-refractivity contribution in [3.8, 4) is 0 Å². The first-order chi connectivity index (χ1) is 8.74. The zero-order chi connectivity index (χ0) is 12.5. The van der Waals surface area contributed by atoms with Crippen LogP contribution in [0.15, 0.2) is 42.5 Å². The minimum atomic E-state index is 0.709. The highest BCUT2D eigenvalue weighted by atomic mass is 35.5. The fraction of sp³-hybridized carbons (Fsp3) is 0.200. The van der Waals surface area contributed by atoms with Gasteiger partial charge in [-0.3, -0.25) is 0 Å². The Morgan fingerprint density at radius 2 is 1.83 bits per heavy atom. The Balaban J connectivity index is 1.92. The van der Waals surface area contributed by atoms with E-state index in [-0.39, 0.29) is 0 Å². The van der Waals surface area contributed by atoms with E-state index in [4.69, 9.17) is 17.3 Å². The minimum Gasteiger partial charge on any atom is -0.399 e. The maximum Gasteiger partial charge on any atom is 0.0660 e. The standard InChI is InChI=1S/C15H15ClN2/c16-14-9-13(17)5-6-15(14)18-8-7-11-3-1-2-4-12(11)10-18/h1-6,9H,7-8,10,17H2. The van der Waals surface area contributed by atoms with Crippen LogP contribution in [0.1, 0.15) is 11.1 Å². The molecule has 3 rings (SSSR count). The van der Waals surface area contributed by atoms with Gasteiger partial charge in [0.05, 0.1) is 10.7 Å². The van der Waals surface area contributed by atoms with Gasteiger partial charge in [-0.2, -0.15) is 0 Å². The lowest BCUT2D eigenvalue weighted by molar-refractivity contribution is 0.732. The average Bonchev–Trinajstić information content (AvgIpc) is 2.38. The molecule has 0 bridgehead atoms. The van der Waals surface area contributed by atoms with Crippen molar-refractivity contribution in [1.82, 2.24) is 0 Å². The first-order valence-corrected chi connectivity index (χ1v) is 6.48. The molecule has 0 spiro atoms. The van der Waals surface area contributed by atoms with Crippen molar-refractivity contribution in [3.63, 3.8) is 0 Å². The summed E-state index contributed by atoms with van der Waals surface area (Å²) < 4.78 is 0. The molecule has 92 valence electrons. The van der Waals surface area contributed by atoms with Crippen LogP contribution in [0.2, 0.25) is 5.02 Å². The highest BCUT2D eigenvalue weighted by molar-refractivity contribution is 6.33. The lowest BCUT2D eigenvalue weighted by atomic mass is 9.99. The van der Waals surface area contributed by atoms with Gasteiger partial charge in [0.25, 0.3) is 0 Å². The normalized spacial score (nSPS) is 14.4. The smallest absolute Gasteiger partial charge is 0.0660 e. The van der Waals surface area contributed by atoms with Crippen LogP contribution in [0.3, 0.4) is 0 Å². The second kappa shape index (κ2) is 4.54. The molecule has 2 aromatic rings. The van der Waals surface area contributed by atoms with Gasteiger partial charge in [0.2, 0.25) is 0 Å². The number of fused-ring (bicyclic) bond motifs is 1. The van der Waals surface area contributed by atoms with Crippen LogP contribution in [0.4, 0.5) is 11.4 Å². The van der Waals surface area contributed by atoms with Crippen LogP contribution in [0.5, 0.6) is 0 Å². The second-order valence-corrected chi connectivity index (χ2v) is 5.06. The van der Waals surface area contributed by atoms with E-state index in [0.29, 0.717) is 5.69 Å².